The summed E-state index contributed by atoms with van der Waals surface area (Å²) in [6, 6.07) is 137. The Morgan fingerprint density at radius 1 is 0.248 bits per heavy atom. The lowest BCUT2D eigenvalue weighted by Gasteiger charge is -2.26. The van der Waals surface area contributed by atoms with E-state index in [1.54, 1.807) is 12.1 Å². The lowest BCUT2D eigenvalue weighted by atomic mass is 9.98. The zero-order chi connectivity index (χ0) is 104. The SMILES string of the molecule is CC(C)(OC(=O)CCCOC(=O)c1c(I)ccc(I)c1I)c1ccc([S+](c2ccccc2)c2ccccc2)cc1.CC(C)(OC(=O)CCOC(=O)c1c(I)ccc(I)c1I)c1ccc([S+](c2ccccc2)c2ccccc2)cc1.CC(C)(OC(=O)c1cc(Br)cc(I)c1)c1ccc([S+](c2ccccc2)c2ccccc2)cc1.CC(C)(OC(=O)c1cc(Br)ccc1I)c1ccc([S+](c2ccccc2)c2ccccc2)cc1. The molecule has 16 aromatic carbocycles. The number of rotatable bonds is 31. The number of benzene rings is 16. The molecule has 0 spiro atoms. The van der Waals surface area contributed by atoms with Crippen molar-refractivity contribution >= 4 is 292 Å². The molecule has 0 bridgehead atoms. The molecule has 738 valence electrons. The topological polar surface area (TPSA) is 158 Å². The van der Waals surface area contributed by atoms with Crippen LogP contribution in [0.2, 0.25) is 0 Å². The fraction of sp³-hybridized carbons (Fsp3) is 0.143. The van der Waals surface area contributed by atoms with Crippen molar-refractivity contribution in [3.05, 3.63) is 482 Å². The Balaban J connectivity index is 0.000000162. The van der Waals surface area contributed by atoms with Gasteiger partial charge >= 0.3 is 35.8 Å². The first-order valence-corrected chi connectivity index (χ1v) is 60.9. The molecule has 0 atom stereocenters. The first-order chi connectivity index (χ1) is 69.5. The van der Waals surface area contributed by atoms with Gasteiger partial charge in [-0.3, -0.25) is 9.59 Å². The quantitative estimate of drug-likeness (QED) is 0.0101. The first kappa shape index (κ1) is 115. The summed E-state index contributed by atoms with van der Waals surface area (Å²) in [6.45, 7) is 15.4. The van der Waals surface area contributed by atoms with Crippen molar-refractivity contribution in [3.8, 4) is 0 Å². The second-order valence-electron chi connectivity index (χ2n) is 34.4. The summed E-state index contributed by atoms with van der Waals surface area (Å²) in [5.74, 6) is -2.21. The van der Waals surface area contributed by atoms with Gasteiger partial charge in [0.2, 0.25) is 0 Å². The van der Waals surface area contributed by atoms with Crippen LogP contribution in [0.5, 0.6) is 0 Å². The monoisotopic (exact) mass is 3020 g/mol. The highest BCUT2D eigenvalue weighted by atomic mass is 127. The van der Waals surface area contributed by atoms with Crippen LogP contribution in [0.15, 0.2) is 468 Å². The average molecular weight is 3030 g/mol. The summed E-state index contributed by atoms with van der Waals surface area (Å²) < 4.78 is 43.3. The Morgan fingerprint density at radius 2 is 0.503 bits per heavy atom. The van der Waals surface area contributed by atoms with Gasteiger partial charge in [-0.05, 0) is 471 Å². The predicted octanol–water partition coefficient (Wildman–Crippen LogP) is 34.1. The molecule has 12 nitrogen and oxygen atoms in total. The third-order valence-electron chi connectivity index (χ3n) is 22.4. The molecule has 0 radical (unpaired) electrons. The van der Waals surface area contributed by atoms with Gasteiger partial charge in [-0.1, -0.05) is 226 Å². The van der Waals surface area contributed by atoms with Gasteiger partial charge in [0.25, 0.3) is 0 Å². The van der Waals surface area contributed by atoms with Crippen molar-refractivity contribution in [1.82, 2.24) is 0 Å². The van der Waals surface area contributed by atoms with Gasteiger partial charge in [-0.15, -0.1) is 0 Å². The molecule has 0 saturated carbocycles. The summed E-state index contributed by atoms with van der Waals surface area (Å²) in [5.41, 5.74) is 2.76. The molecular formula is C119H100Br2I8O12S4+4. The molecule has 26 heteroatoms. The van der Waals surface area contributed by atoms with E-state index in [2.05, 4.69) is 480 Å². The Labute approximate surface area is 987 Å². The third-order valence-corrected chi connectivity index (χ3v) is 41.8. The van der Waals surface area contributed by atoms with E-state index in [0.29, 0.717) is 28.7 Å². The lowest BCUT2D eigenvalue weighted by Crippen LogP contribution is -2.26. The highest BCUT2D eigenvalue weighted by molar-refractivity contribution is 14.1. The Bertz CT molecular complexity index is 6910. The maximum Gasteiger partial charge on any atom is 0.340 e. The molecule has 0 aliphatic heterocycles. The van der Waals surface area contributed by atoms with Gasteiger partial charge in [0.05, 0.1) is 78.9 Å². The fourth-order valence-electron chi connectivity index (χ4n) is 15.0. The van der Waals surface area contributed by atoms with E-state index in [9.17, 15) is 28.8 Å². The summed E-state index contributed by atoms with van der Waals surface area (Å²) >= 11 is 24.2. The van der Waals surface area contributed by atoms with Crippen LogP contribution in [-0.4, -0.2) is 49.0 Å². The van der Waals surface area contributed by atoms with Gasteiger partial charge in [-0.25, -0.2) is 19.2 Å². The van der Waals surface area contributed by atoms with Crippen molar-refractivity contribution in [3.63, 3.8) is 0 Å². The van der Waals surface area contributed by atoms with Crippen LogP contribution in [0.4, 0.5) is 0 Å². The van der Waals surface area contributed by atoms with Gasteiger partial charge < -0.3 is 28.4 Å². The van der Waals surface area contributed by atoms with Crippen LogP contribution in [-0.2, 0) is 104 Å². The molecule has 0 unspecified atom stereocenters. The molecule has 0 aliphatic carbocycles. The minimum Gasteiger partial charge on any atom is -0.462 e. The normalized spacial score (nSPS) is 11.4. The van der Waals surface area contributed by atoms with E-state index in [4.69, 9.17) is 28.4 Å². The zero-order valence-corrected chi connectivity index (χ0v) is 104. The molecule has 0 N–H and O–H groups in total. The summed E-state index contributed by atoms with van der Waals surface area (Å²) in [5, 5.41) is 0. The van der Waals surface area contributed by atoms with Crippen LogP contribution in [0.1, 0.15) is 138 Å². The van der Waals surface area contributed by atoms with E-state index >= 15 is 0 Å². The van der Waals surface area contributed by atoms with Crippen LogP contribution in [0.3, 0.4) is 0 Å². The molecular weight excluding hydrogens is 2920 g/mol. The van der Waals surface area contributed by atoms with Crippen LogP contribution in [0.25, 0.3) is 0 Å². The minimum atomic E-state index is -0.835. The van der Waals surface area contributed by atoms with Gasteiger partial charge in [-0.2, -0.15) is 0 Å². The summed E-state index contributed by atoms with van der Waals surface area (Å²) in [7, 11) is -0.906. The van der Waals surface area contributed by atoms with Crippen molar-refractivity contribution in [1.29, 1.82) is 0 Å². The Kier molecular flexibility index (Phi) is 43.5. The maximum absolute atomic E-state index is 12.9. The molecule has 0 amide bonds. The Hall–Kier alpha value is -7.46. The van der Waals surface area contributed by atoms with E-state index in [1.165, 1.54) is 58.7 Å². The number of halogens is 10. The number of esters is 6. The van der Waals surface area contributed by atoms with Gasteiger partial charge in [0.15, 0.2) is 58.7 Å². The number of hydrogen-bond acceptors (Lipinski definition) is 12. The average Bonchev–Trinajstić information content (AvgIpc) is 0.952. The molecule has 0 fully saturated rings. The fourth-order valence-corrected chi connectivity index (χ4v) is 30.5. The van der Waals surface area contributed by atoms with Gasteiger partial charge in [0, 0.05) is 43.9 Å². The second-order valence-corrected chi connectivity index (χ2v) is 53.6. The third kappa shape index (κ3) is 32.3. The molecule has 0 heterocycles. The molecule has 0 aliphatic rings. The Morgan fingerprint density at radius 3 is 0.800 bits per heavy atom. The maximum atomic E-state index is 12.9. The first-order valence-electron chi connectivity index (χ1n) is 45.8. The lowest BCUT2D eigenvalue weighted by molar-refractivity contribution is -0.159. The largest absolute Gasteiger partial charge is 0.462 e. The highest BCUT2D eigenvalue weighted by Gasteiger charge is 2.38. The van der Waals surface area contributed by atoms with Crippen molar-refractivity contribution < 1.29 is 57.2 Å². The van der Waals surface area contributed by atoms with Crippen molar-refractivity contribution in [2.75, 3.05) is 13.2 Å². The number of carbonyl (C=O) groups is 6. The molecule has 145 heavy (non-hydrogen) atoms. The standard InChI is InChI=1S/C32H28I3O4S.C31H26I3O4S.2C28H23BrIO2S/c1-32(2,39-28(36)14-9-21-38-31(37)29-26(33)19-20-27(34)30(29)35)22-15-17-25(18-16-22)40(23-10-5-3-6-11-23)24-12-7-4-8-13-24;1-31(2,38-27(35)19-20-37-30(36)28-25(32)17-18-26(33)29(28)34)21-13-15-24(16-14-21)39(22-9-5-3-6-10-22)23-11-7-4-8-12-23;1-28(2,32-27(31)25-19-21(29)15-18-26(25)30)20-13-16-24(17-14-20)33(22-9-5-3-6-10-22)23-11-7-4-8-12-23;1-28(2,32-27(31)20-17-22(29)19-23(30)18-20)21-13-15-26(16-14-21)33(24-9-5-3-6-10-24)25-11-7-4-8-12-25/h3-8,10-13,15-20H,9,14,21H2,1-2H3;3-18H,19-20H2,1-2H3;2*3-19H,1-2H3/q4*+1. The molecule has 0 saturated heterocycles. The second kappa shape index (κ2) is 55.0. The summed E-state index contributed by atoms with van der Waals surface area (Å²) in [6.07, 6.45) is 0.546. The van der Waals surface area contributed by atoms with Crippen LogP contribution >= 0.6 is 213 Å². The van der Waals surface area contributed by atoms with Crippen molar-refractivity contribution in [2.24, 2.45) is 0 Å². The smallest absolute Gasteiger partial charge is 0.340 e. The summed E-state index contributed by atoms with van der Waals surface area (Å²) in [4.78, 5) is 91.2. The van der Waals surface area contributed by atoms with Crippen LogP contribution < -0.4 is 0 Å². The predicted molar refractivity (Wildman–Crippen MR) is 658 cm³/mol. The highest BCUT2D eigenvalue weighted by Crippen LogP contribution is 2.41. The van der Waals surface area contributed by atoms with E-state index in [1.807, 2.05) is 177 Å². The number of hydrogen-bond donors (Lipinski definition) is 0. The zero-order valence-electron chi connectivity index (χ0n) is 80.0. The molecule has 16 aromatic rings. The van der Waals surface area contributed by atoms with Crippen LogP contribution in [0, 0.1) is 28.6 Å². The van der Waals surface area contributed by atoms with E-state index < -0.39 is 34.3 Å². The number of ether oxygens (including phenoxy) is 6. The molecule has 16 rings (SSSR count). The van der Waals surface area contributed by atoms with E-state index in [0.717, 1.165) is 59.8 Å². The van der Waals surface area contributed by atoms with E-state index in [-0.39, 0.29) is 93.5 Å². The van der Waals surface area contributed by atoms with Gasteiger partial charge in [0.1, 0.15) is 29.0 Å². The van der Waals surface area contributed by atoms with Crippen molar-refractivity contribution in [2.45, 2.75) is 156 Å². The molecule has 0 aromatic heterocycles. The number of carbonyl (C=O) groups excluding carboxylic acids is 6. The minimum absolute atomic E-state index is 0.0180.